The summed E-state index contributed by atoms with van der Waals surface area (Å²) in [5, 5.41) is 3.54. The fraction of sp³-hybridized carbons (Fsp3) is 0.238. The Kier molecular flexibility index (Phi) is 7.00. The zero-order chi connectivity index (χ0) is 19.8. The van der Waals surface area contributed by atoms with E-state index in [0.29, 0.717) is 18.2 Å². The van der Waals surface area contributed by atoms with Gasteiger partial charge in [-0.25, -0.2) is 9.79 Å². The lowest BCUT2D eigenvalue weighted by Crippen LogP contribution is -2.17. The summed E-state index contributed by atoms with van der Waals surface area (Å²) in [6.45, 7) is 1.35. The van der Waals surface area contributed by atoms with Crippen LogP contribution in [0.2, 0.25) is 0 Å². The Morgan fingerprint density at radius 3 is 2.39 bits per heavy atom. The molecule has 0 saturated carbocycles. The quantitative estimate of drug-likeness (QED) is 0.590. The number of nitrogens with one attached hydrogen (secondary N) is 1. The highest BCUT2D eigenvalue weighted by molar-refractivity contribution is 7.14. The van der Waals surface area contributed by atoms with Crippen LogP contribution in [0.1, 0.15) is 6.42 Å². The van der Waals surface area contributed by atoms with E-state index >= 15 is 0 Å². The second kappa shape index (κ2) is 9.87. The van der Waals surface area contributed by atoms with Crippen molar-refractivity contribution in [2.24, 2.45) is 4.99 Å². The van der Waals surface area contributed by atoms with Crippen LogP contribution in [-0.2, 0) is 16.0 Å². The summed E-state index contributed by atoms with van der Waals surface area (Å²) in [5.74, 6) is 0. The molecule has 0 unspecified atom stereocenters. The molecule has 1 aromatic heterocycles. The molecule has 0 aliphatic rings. The minimum Gasteiger partial charge on any atom is -0.453 e. The van der Waals surface area contributed by atoms with E-state index in [1.165, 1.54) is 18.4 Å². The van der Waals surface area contributed by atoms with Crippen molar-refractivity contribution in [2.45, 2.75) is 13.0 Å². The molecule has 3 aromatic rings. The highest BCUT2D eigenvalue weighted by atomic mass is 32.1. The molecule has 0 bridgehead atoms. The Balaban J connectivity index is 2.17. The van der Waals surface area contributed by atoms with Gasteiger partial charge < -0.3 is 14.0 Å². The van der Waals surface area contributed by atoms with Gasteiger partial charge in [0.05, 0.1) is 18.5 Å². The maximum atomic E-state index is 11.9. The lowest BCUT2D eigenvalue weighted by molar-refractivity contribution is 0.187. The Morgan fingerprint density at radius 1 is 1.07 bits per heavy atom. The molecule has 0 spiro atoms. The van der Waals surface area contributed by atoms with Crippen LogP contribution < -0.4 is 10.1 Å². The second-order valence-electron chi connectivity index (χ2n) is 5.99. The first-order valence-corrected chi connectivity index (χ1v) is 9.77. The van der Waals surface area contributed by atoms with Crippen molar-refractivity contribution in [3.05, 3.63) is 65.5 Å². The first kappa shape index (κ1) is 19.9. The number of carbonyl (C=O) groups excluding carboxylic acids is 1. The van der Waals surface area contributed by atoms with Crippen LogP contribution in [0.3, 0.4) is 0 Å². The molecule has 0 aliphatic heterocycles. The highest BCUT2D eigenvalue weighted by Gasteiger charge is 2.18. The standard InChI is InChI=1S/C21H23N3O3S/c1-26-15-9-14-24-18(16-10-5-3-6-11-16)19(23-21(25)27-2)28-20(24)22-17-12-7-4-8-13-17/h3-8,10-13H,9,14-15H2,1-2H3,(H,23,25). The number of ether oxygens (including phenoxy) is 2. The van der Waals surface area contributed by atoms with Crippen LogP contribution in [-0.4, -0.2) is 31.5 Å². The second-order valence-corrected chi connectivity index (χ2v) is 6.97. The number of thiazole rings is 1. The van der Waals surface area contributed by atoms with Gasteiger partial charge in [-0.3, -0.25) is 5.32 Å². The predicted molar refractivity (Wildman–Crippen MR) is 112 cm³/mol. The van der Waals surface area contributed by atoms with Crippen molar-refractivity contribution in [3.63, 3.8) is 0 Å². The summed E-state index contributed by atoms with van der Waals surface area (Å²) in [7, 11) is 3.04. The topological polar surface area (TPSA) is 64.8 Å². The molecule has 1 amide bonds. The summed E-state index contributed by atoms with van der Waals surface area (Å²) in [5.41, 5.74) is 2.76. The van der Waals surface area contributed by atoms with E-state index in [1.807, 2.05) is 60.7 Å². The number of amides is 1. The van der Waals surface area contributed by atoms with E-state index in [-0.39, 0.29) is 0 Å². The fourth-order valence-electron chi connectivity index (χ4n) is 2.79. The number of methoxy groups -OCH3 is 2. The largest absolute Gasteiger partial charge is 0.453 e. The van der Waals surface area contributed by atoms with Crippen LogP contribution in [0.15, 0.2) is 65.7 Å². The third kappa shape index (κ3) is 4.88. The number of para-hydroxylation sites is 1. The molecule has 0 aliphatic carbocycles. The minimum atomic E-state index is -0.506. The Bertz CT molecular complexity index is 966. The molecule has 1 N–H and O–H groups in total. The number of aromatic nitrogens is 1. The van der Waals surface area contributed by atoms with E-state index in [4.69, 9.17) is 14.5 Å². The Hall–Kier alpha value is -2.90. The van der Waals surface area contributed by atoms with Gasteiger partial charge in [-0.2, -0.15) is 0 Å². The monoisotopic (exact) mass is 397 g/mol. The maximum Gasteiger partial charge on any atom is 0.412 e. The average molecular weight is 398 g/mol. The number of anilines is 1. The molecule has 7 heteroatoms. The molecule has 0 atom stereocenters. The van der Waals surface area contributed by atoms with E-state index in [0.717, 1.165) is 28.2 Å². The van der Waals surface area contributed by atoms with Crippen molar-refractivity contribution in [1.82, 2.24) is 4.57 Å². The SMILES string of the molecule is COCCCn1c(-c2ccccc2)c(NC(=O)OC)sc1=Nc1ccccc1. The molecule has 0 fully saturated rings. The lowest BCUT2D eigenvalue weighted by atomic mass is 10.1. The molecule has 2 aromatic carbocycles. The number of hydrogen-bond acceptors (Lipinski definition) is 5. The van der Waals surface area contributed by atoms with Gasteiger partial charge in [-0.05, 0) is 18.6 Å². The van der Waals surface area contributed by atoms with Gasteiger partial charge in [0.1, 0.15) is 5.00 Å². The molecular formula is C21H23N3O3S. The summed E-state index contributed by atoms with van der Waals surface area (Å²) in [6.07, 6.45) is 0.320. The smallest absolute Gasteiger partial charge is 0.412 e. The van der Waals surface area contributed by atoms with Gasteiger partial charge in [0.2, 0.25) is 0 Å². The number of carbonyl (C=O) groups is 1. The van der Waals surface area contributed by atoms with E-state index < -0.39 is 6.09 Å². The minimum absolute atomic E-state index is 0.506. The number of nitrogens with zero attached hydrogens (tertiary/aromatic N) is 2. The van der Waals surface area contributed by atoms with E-state index in [9.17, 15) is 4.79 Å². The third-order valence-electron chi connectivity index (χ3n) is 4.07. The normalized spacial score (nSPS) is 11.4. The van der Waals surface area contributed by atoms with Crippen molar-refractivity contribution >= 4 is 28.1 Å². The van der Waals surface area contributed by atoms with Crippen molar-refractivity contribution in [3.8, 4) is 11.3 Å². The summed E-state index contributed by atoms with van der Waals surface area (Å²) in [4.78, 5) is 17.5. The molecule has 3 rings (SSSR count). The van der Waals surface area contributed by atoms with Gasteiger partial charge in [-0.15, -0.1) is 0 Å². The van der Waals surface area contributed by atoms with Crippen molar-refractivity contribution in [1.29, 1.82) is 0 Å². The third-order valence-corrected chi connectivity index (χ3v) is 5.06. The molecule has 1 heterocycles. The van der Waals surface area contributed by atoms with Crippen molar-refractivity contribution in [2.75, 3.05) is 26.1 Å². The molecule has 0 radical (unpaired) electrons. The first-order chi connectivity index (χ1) is 13.7. The molecule has 146 valence electrons. The number of rotatable bonds is 7. The Morgan fingerprint density at radius 2 is 1.75 bits per heavy atom. The van der Waals surface area contributed by atoms with Crippen LogP contribution in [0, 0.1) is 0 Å². The van der Waals surface area contributed by atoms with Crippen molar-refractivity contribution < 1.29 is 14.3 Å². The highest BCUT2D eigenvalue weighted by Crippen LogP contribution is 2.31. The first-order valence-electron chi connectivity index (χ1n) is 8.95. The Labute approximate surface area is 168 Å². The summed E-state index contributed by atoms with van der Waals surface area (Å²) < 4.78 is 12.2. The summed E-state index contributed by atoms with van der Waals surface area (Å²) >= 11 is 1.42. The van der Waals surface area contributed by atoms with Crippen LogP contribution in [0.5, 0.6) is 0 Å². The predicted octanol–water partition coefficient (Wildman–Crippen LogP) is 4.66. The van der Waals surface area contributed by atoms with Crippen LogP contribution in [0.25, 0.3) is 11.3 Å². The maximum absolute atomic E-state index is 11.9. The number of hydrogen-bond donors (Lipinski definition) is 1. The number of benzene rings is 2. The van der Waals surface area contributed by atoms with E-state index in [1.54, 1.807) is 7.11 Å². The average Bonchev–Trinajstić information content (AvgIpc) is 3.06. The summed E-state index contributed by atoms with van der Waals surface area (Å²) in [6, 6.07) is 19.7. The molecule has 6 nitrogen and oxygen atoms in total. The van der Waals surface area contributed by atoms with Gasteiger partial charge in [-0.1, -0.05) is 59.9 Å². The van der Waals surface area contributed by atoms with Gasteiger partial charge >= 0.3 is 6.09 Å². The molecular weight excluding hydrogens is 374 g/mol. The molecule has 28 heavy (non-hydrogen) atoms. The zero-order valence-electron chi connectivity index (χ0n) is 15.9. The van der Waals surface area contributed by atoms with Crippen LogP contribution >= 0.6 is 11.3 Å². The zero-order valence-corrected chi connectivity index (χ0v) is 16.7. The van der Waals surface area contributed by atoms with Gasteiger partial charge in [0.25, 0.3) is 0 Å². The molecule has 0 saturated heterocycles. The van der Waals surface area contributed by atoms with E-state index in [2.05, 4.69) is 9.88 Å². The van der Waals surface area contributed by atoms with Crippen LogP contribution in [0.4, 0.5) is 15.5 Å². The van der Waals surface area contributed by atoms with Gasteiger partial charge in [0.15, 0.2) is 4.80 Å². The van der Waals surface area contributed by atoms with Gasteiger partial charge in [0, 0.05) is 25.8 Å². The lowest BCUT2D eigenvalue weighted by Gasteiger charge is -2.11. The fourth-order valence-corrected chi connectivity index (χ4v) is 3.88.